The summed E-state index contributed by atoms with van der Waals surface area (Å²) in [4.78, 5) is 0. The Bertz CT molecular complexity index is 831. The molecule has 8 nitrogen and oxygen atoms in total. The molecular formula is C14H21NO7S2. The van der Waals surface area contributed by atoms with Crippen molar-refractivity contribution in [3.63, 3.8) is 0 Å². The van der Waals surface area contributed by atoms with Crippen LogP contribution >= 0.6 is 0 Å². The van der Waals surface area contributed by atoms with Gasteiger partial charge in [0.1, 0.15) is 11.5 Å². The van der Waals surface area contributed by atoms with E-state index in [1.54, 1.807) is 6.07 Å². The largest absolute Gasteiger partial charge is 0.464 e. The highest BCUT2D eigenvalue weighted by molar-refractivity contribution is 8.02. The topological polar surface area (TPSA) is 99.2 Å². The molecule has 10 heteroatoms. The molecule has 2 rings (SSSR count). The van der Waals surface area contributed by atoms with E-state index in [-0.39, 0.29) is 15.2 Å². The van der Waals surface area contributed by atoms with Crippen molar-refractivity contribution in [1.29, 1.82) is 0 Å². The Morgan fingerprint density at radius 1 is 1.25 bits per heavy atom. The Morgan fingerprint density at radius 2 is 1.88 bits per heavy atom. The lowest BCUT2D eigenvalue weighted by atomic mass is 9.85. The summed E-state index contributed by atoms with van der Waals surface area (Å²) in [6.07, 6.45) is -0.512. The molecule has 0 aromatic heterocycles. The third-order valence-electron chi connectivity index (χ3n) is 3.96. The molecule has 0 radical (unpaired) electrons. The number of benzene rings is 1. The molecule has 0 saturated carbocycles. The van der Waals surface area contributed by atoms with Gasteiger partial charge in [0.15, 0.2) is 0 Å². The number of hydrogen-bond donors (Lipinski definition) is 0. The molecule has 1 atom stereocenters. The Kier molecular flexibility index (Phi) is 4.88. The van der Waals surface area contributed by atoms with Gasteiger partial charge >= 0.3 is 10.3 Å². The molecule has 0 bridgehead atoms. The summed E-state index contributed by atoms with van der Waals surface area (Å²) < 4.78 is 63.9. The van der Waals surface area contributed by atoms with Gasteiger partial charge in [-0.1, -0.05) is 3.71 Å². The maximum absolute atomic E-state index is 12.2. The summed E-state index contributed by atoms with van der Waals surface area (Å²) in [7, 11) is -5.97. The third-order valence-corrected chi connectivity index (χ3v) is 7.73. The second kappa shape index (κ2) is 6.17. The van der Waals surface area contributed by atoms with Crippen LogP contribution in [0.2, 0.25) is 0 Å². The van der Waals surface area contributed by atoms with Crippen LogP contribution in [-0.2, 0) is 30.5 Å². The number of ether oxygens (including phenoxy) is 2. The number of rotatable bonds is 6. The number of hydrogen-bond acceptors (Lipinski definition) is 7. The first-order valence-corrected chi connectivity index (χ1v) is 10.2. The van der Waals surface area contributed by atoms with Gasteiger partial charge in [-0.25, -0.2) is 8.42 Å². The van der Waals surface area contributed by atoms with Crippen molar-refractivity contribution >= 4 is 20.3 Å². The molecule has 24 heavy (non-hydrogen) atoms. The fourth-order valence-electron chi connectivity index (χ4n) is 2.39. The first-order chi connectivity index (χ1) is 11.0. The van der Waals surface area contributed by atoms with Gasteiger partial charge < -0.3 is 13.7 Å². The van der Waals surface area contributed by atoms with Crippen LogP contribution in [-0.4, -0.2) is 46.7 Å². The smallest absolute Gasteiger partial charge is 0.398 e. The summed E-state index contributed by atoms with van der Waals surface area (Å²) in [6.45, 7) is 5.12. The van der Waals surface area contributed by atoms with E-state index in [1.807, 2.05) is 13.8 Å². The van der Waals surface area contributed by atoms with Crippen LogP contribution < -0.4 is 8.92 Å². The molecule has 0 aliphatic carbocycles. The van der Waals surface area contributed by atoms with E-state index < -0.39 is 32.0 Å². The molecule has 0 fully saturated rings. The first-order valence-electron chi connectivity index (χ1n) is 7.21. The fourth-order valence-corrected chi connectivity index (χ4v) is 4.73. The maximum Gasteiger partial charge on any atom is 0.398 e. The number of sulfonamides is 1. The molecule has 0 spiro atoms. The summed E-state index contributed by atoms with van der Waals surface area (Å²) in [6, 6.07) is 4.48. The molecule has 0 N–H and O–H groups in total. The highest BCUT2D eigenvalue weighted by Gasteiger charge is 2.42. The summed E-state index contributed by atoms with van der Waals surface area (Å²) in [5, 5.41) is 0. The first kappa shape index (κ1) is 19.0. The fraction of sp³-hybridized carbons (Fsp3) is 0.571. The minimum atomic E-state index is -4.48. The molecule has 136 valence electrons. The third kappa shape index (κ3) is 3.23. The van der Waals surface area contributed by atoms with E-state index in [2.05, 4.69) is 0 Å². The maximum atomic E-state index is 12.2. The van der Waals surface area contributed by atoms with Gasteiger partial charge in [-0.15, -0.1) is 0 Å². The Hall–Kier alpha value is -1.36. The van der Waals surface area contributed by atoms with Crippen LogP contribution in [0.1, 0.15) is 26.3 Å². The van der Waals surface area contributed by atoms with E-state index in [0.29, 0.717) is 11.3 Å². The van der Waals surface area contributed by atoms with E-state index in [1.165, 1.54) is 26.2 Å². The highest BCUT2D eigenvalue weighted by Crippen LogP contribution is 2.44. The van der Waals surface area contributed by atoms with Crippen LogP contribution in [0.4, 0.5) is 0 Å². The monoisotopic (exact) mass is 379 g/mol. The zero-order chi connectivity index (χ0) is 18.3. The number of methoxy groups -OCH3 is 1. The van der Waals surface area contributed by atoms with Gasteiger partial charge in [0.25, 0.3) is 0 Å². The second-order valence-electron chi connectivity index (χ2n) is 5.89. The van der Waals surface area contributed by atoms with Crippen LogP contribution in [0.5, 0.6) is 11.5 Å². The Balaban J connectivity index is 2.34. The lowest BCUT2D eigenvalue weighted by molar-refractivity contribution is -0.0779. The molecule has 0 amide bonds. The van der Waals surface area contributed by atoms with Crippen molar-refractivity contribution in [2.45, 2.75) is 32.5 Å². The van der Waals surface area contributed by atoms with Crippen LogP contribution in [0.15, 0.2) is 18.2 Å². The van der Waals surface area contributed by atoms with Gasteiger partial charge in [0, 0.05) is 19.7 Å². The van der Waals surface area contributed by atoms with Crippen molar-refractivity contribution in [2.75, 3.05) is 19.9 Å². The quantitative estimate of drug-likeness (QED) is 0.733. The van der Waals surface area contributed by atoms with Crippen molar-refractivity contribution < 1.29 is 30.5 Å². The molecule has 1 aromatic rings. The lowest BCUT2D eigenvalue weighted by Gasteiger charge is -2.24. The molecule has 0 saturated heterocycles. The lowest BCUT2D eigenvalue weighted by Crippen LogP contribution is -2.37. The van der Waals surface area contributed by atoms with Gasteiger partial charge in [-0.3, -0.25) is 0 Å². The van der Waals surface area contributed by atoms with Gasteiger partial charge in [-0.05, 0) is 39.0 Å². The van der Waals surface area contributed by atoms with Crippen LogP contribution in [0, 0.1) is 0 Å². The zero-order valence-corrected chi connectivity index (χ0v) is 15.8. The molecular weight excluding hydrogens is 358 g/mol. The van der Waals surface area contributed by atoms with Crippen molar-refractivity contribution in [3.05, 3.63) is 23.8 Å². The average Bonchev–Trinajstić information content (AvgIpc) is 2.76. The summed E-state index contributed by atoms with van der Waals surface area (Å²) in [5.41, 5.74) is 0.192. The SMILES string of the molecule is CCS(=O)(=O)N(C)S(=O)(=O)Oc1ccc2c(c1)C(C)(C)C(OC)O2. The van der Waals surface area contributed by atoms with E-state index in [4.69, 9.17) is 13.7 Å². The summed E-state index contributed by atoms with van der Waals surface area (Å²) in [5.74, 6) is 0.207. The molecule has 1 aliphatic heterocycles. The van der Waals surface area contributed by atoms with Gasteiger partial charge in [0.2, 0.25) is 16.3 Å². The highest BCUT2D eigenvalue weighted by atomic mass is 32.3. The minimum absolute atomic E-state index is 0.000307. The van der Waals surface area contributed by atoms with Crippen molar-refractivity contribution in [3.8, 4) is 11.5 Å². The van der Waals surface area contributed by atoms with Crippen LogP contribution in [0.3, 0.4) is 0 Å². The molecule has 1 unspecified atom stereocenters. The Morgan fingerprint density at radius 3 is 2.42 bits per heavy atom. The summed E-state index contributed by atoms with van der Waals surface area (Å²) >= 11 is 0. The molecule has 1 aliphatic rings. The van der Waals surface area contributed by atoms with Gasteiger partial charge in [0.05, 0.1) is 11.2 Å². The van der Waals surface area contributed by atoms with Crippen LogP contribution in [0.25, 0.3) is 0 Å². The number of fused-ring (bicyclic) bond motifs is 1. The predicted octanol–water partition coefficient (Wildman–Crippen LogP) is 1.23. The zero-order valence-electron chi connectivity index (χ0n) is 14.1. The molecule has 1 heterocycles. The normalized spacial score (nSPS) is 19.8. The second-order valence-corrected chi connectivity index (χ2v) is 9.98. The van der Waals surface area contributed by atoms with E-state index >= 15 is 0 Å². The van der Waals surface area contributed by atoms with Crippen molar-refractivity contribution in [2.24, 2.45) is 0 Å². The average molecular weight is 379 g/mol. The van der Waals surface area contributed by atoms with E-state index in [9.17, 15) is 16.8 Å². The minimum Gasteiger partial charge on any atom is -0.464 e. The number of nitrogens with zero attached hydrogens (tertiary/aromatic N) is 1. The standard InChI is InChI=1S/C14H21NO7S2/c1-6-23(16,17)15(4)24(18,19)22-10-7-8-12-11(9-10)14(2,3)13(20-5)21-12/h7-9,13H,6H2,1-5H3. The molecule has 1 aromatic carbocycles. The van der Waals surface area contributed by atoms with E-state index in [0.717, 1.165) is 7.05 Å². The van der Waals surface area contributed by atoms with Gasteiger partial charge in [-0.2, -0.15) is 8.42 Å². The van der Waals surface area contributed by atoms with Crippen molar-refractivity contribution in [1.82, 2.24) is 3.71 Å². The Labute approximate surface area is 142 Å². The predicted molar refractivity (Wildman–Crippen MR) is 87.7 cm³/mol.